The molecule has 0 aliphatic heterocycles. The normalized spacial score (nSPS) is 11.7. The molecule has 0 aliphatic carbocycles. The summed E-state index contributed by atoms with van der Waals surface area (Å²) in [5, 5.41) is 16.9. The summed E-state index contributed by atoms with van der Waals surface area (Å²) < 4.78 is 0. The van der Waals surface area contributed by atoms with Gasteiger partial charge in [0, 0.05) is 36.8 Å². The Labute approximate surface area is 86.7 Å². The molecule has 0 spiro atoms. The summed E-state index contributed by atoms with van der Waals surface area (Å²) in [6.07, 6.45) is 6.44. The van der Waals surface area contributed by atoms with E-state index in [4.69, 9.17) is 5.41 Å². The molecule has 0 fully saturated rings. The number of H-pyrrole nitrogens is 1. The topological polar surface area (TPSA) is 77.5 Å². The third-order valence-electron chi connectivity index (χ3n) is 2.08. The Bertz CT molecular complexity index is 511. The summed E-state index contributed by atoms with van der Waals surface area (Å²) in [5.74, 6) is 0. The van der Waals surface area contributed by atoms with Gasteiger partial charge in [-0.1, -0.05) is 0 Å². The fraction of sp³-hybridized carbons (Fsp3) is 0.100. The Hall–Kier alpha value is -2.17. The highest BCUT2D eigenvalue weighted by molar-refractivity contribution is 6.08. The van der Waals surface area contributed by atoms with E-state index in [1.54, 1.807) is 25.6 Å². The molecule has 0 saturated carbocycles. The number of fused-ring (bicyclic) bond motifs is 1. The maximum absolute atomic E-state index is 7.28. The molecule has 0 saturated heterocycles. The minimum Gasteiger partial charge on any atom is -0.393 e. The first-order valence-corrected chi connectivity index (χ1v) is 4.52. The van der Waals surface area contributed by atoms with Gasteiger partial charge >= 0.3 is 0 Å². The number of hydrogen-bond acceptors (Lipinski definition) is 4. The number of pyridine rings is 1. The molecule has 0 radical (unpaired) electrons. The van der Waals surface area contributed by atoms with Crippen molar-refractivity contribution in [1.29, 1.82) is 5.41 Å². The number of aromatic amines is 1. The number of nitrogens with one attached hydrogen (secondary N) is 3. The van der Waals surface area contributed by atoms with E-state index in [1.807, 2.05) is 6.07 Å². The van der Waals surface area contributed by atoms with Crippen molar-refractivity contribution in [3.8, 4) is 0 Å². The molecule has 15 heavy (non-hydrogen) atoms. The van der Waals surface area contributed by atoms with E-state index in [2.05, 4.69) is 20.5 Å². The summed E-state index contributed by atoms with van der Waals surface area (Å²) >= 11 is 0. The lowest BCUT2D eigenvalue weighted by molar-refractivity contribution is 1.11. The number of allylic oxidation sites excluding steroid dienone is 1. The zero-order valence-corrected chi connectivity index (χ0v) is 8.28. The van der Waals surface area contributed by atoms with Crippen LogP contribution in [0.5, 0.6) is 0 Å². The number of hydrogen-bond donors (Lipinski definition) is 3. The first-order chi connectivity index (χ1) is 7.35. The van der Waals surface area contributed by atoms with Crippen molar-refractivity contribution in [3.63, 3.8) is 0 Å². The molecule has 0 aromatic carbocycles. The van der Waals surface area contributed by atoms with Crippen LogP contribution in [0.1, 0.15) is 5.56 Å². The van der Waals surface area contributed by atoms with Crippen LogP contribution in [-0.2, 0) is 0 Å². The largest absolute Gasteiger partial charge is 0.393 e. The standard InChI is InChI=1S/C10H11N5/c1-12-4-8(3-11)7-2-9-10(13-5-7)6-14-15-9/h2-6,11-12H,1H3,(H,14,15)/b8-4+,11-3?. The number of rotatable bonds is 3. The van der Waals surface area contributed by atoms with Crippen LogP contribution >= 0.6 is 0 Å². The molecule has 2 aromatic rings. The predicted molar refractivity (Wildman–Crippen MR) is 59.7 cm³/mol. The van der Waals surface area contributed by atoms with E-state index in [0.717, 1.165) is 22.2 Å². The lowest BCUT2D eigenvalue weighted by atomic mass is 10.1. The summed E-state index contributed by atoms with van der Waals surface area (Å²) in [6, 6.07) is 1.92. The molecule has 76 valence electrons. The van der Waals surface area contributed by atoms with Gasteiger partial charge in [-0.25, -0.2) is 0 Å². The first kappa shape index (κ1) is 9.39. The van der Waals surface area contributed by atoms with Crippen LogP contribution in [0.2, 0.25) is 0 Å². The van der Waals surface area contributed by atoms with Crippen molar-refractivity contribution in [2.75, 3.05) is 7.05 Å². The molecule has 5 heteroatoms. The van der Waals surface area contributed by atoms with Gasteiger partial charge in [0.15, 0.2) is 0 Å². The van der Waals surface area contributed by atoms with Gasteiger partial charge in [-0.05, 0) is 6.07 Å². The van der Waals surface area contributed by atoms with Gasteiger partial charge in [0.25, 0.3) is 0 Å². The van der Waals surface area contributed by atoms with Gasteiger partial charge in [-0.3, -0.25) is 10.1 Å². The van der Waals surface area contributed by atoms with Crippen LogP contribution in [-0.4, -0.2) is 28.4 Å². The summed E-state index contributed by atoms with van der Waals surface area (Å²) in [5.41, 5.74) is 3.36. The van der Waals surface area contributed by atoms with E-state index in [-0.39, 0.29) is 0 Å². The fourth-order valence-corrected chi connectivity index (χ4v) is 1.35. The minimum absolute atomic E-state index is 0.779. The van der Waals surface area contributed by atoms with Gasteiger partial charge in [-0.15, -0.1) is 0 Å². The lowest BCUT2D eigenvalue weighted by Crippen LogP contribution is -1.97. The molecular weight excluding hydrogens is 190 g/mol. The third-order valence-corrected chi connectivity index (χ3v) is 2.08. The molecule has 2 heterocycles. The second kappa shape index (κ2) is 3.91. The summed E-state index contributed by atoms with van der Waals surface area (Å²) in [7, 11) is 1.80. The molecule has 2 aromatic heterocycles. The maximum atomic E-state index is 7.28. The van der Waals surface area contributed by atoms with Crippen molar-refractivity contribution >= 4 is 22.8 Å². The van der Waals surface area contributed by atoms with Crippen molar-refractivity contribution < 1.29 is 0 Å². The quantitative estimate of drug-likeness (QED) is 0.652. The molecule has 0 unspecified atom stereocenters. The Morgan fingerprint density at radius 3 is 3.13 bits per heavy atom. The number of nitrogens with zero attached hydrogens (tertiary/aromatic N) is 2. The second-order valence-corrected chi connectivity index (χ2v) is 3.06. The summed E-state index contributed by atoms with van der Waals surface area (Å²) in [6.45, 7) is 0. The zero-order chi connectivity index (χ0) is 10.7. The van der Waals surface area contributed by atoms with Crippen molar-refractivity contribution in [3.05, 3.63) is 30.2 Å². The Kier molecular flexibility index (Phi) is 2.45. The Morgan fingerprint density at radius 2 is 2.40 bits per heavy atom. The second-order valence-electron chi connectivity index (χ2n) is 3.06. The monoisotopic (exact) mass is 201 g/mol. The maximum Gasteiger partial charge on any atom is 0.108 e. The van der Waals surface area contributed by atoms with Crippen LogP contribution in [0.4, 0.5) is 0 Å². The molecule has 3 N–H and O–H groups in total. The minimum atomic E-state index is 0.779. The van der Waals surface area contributed by atoms with E-state index < -0.39 is 0 Å². The van der Waals surface area contributed by atoms with Crippen LogP contribution in [0.15, 0.2) is 24.7 Å². The fourth-order valence-electron chi connectivity index (χ4n) is 1.35. The van der Waals surface area contributed by atoms with E-state index in [1.165, 1.54) is 6.21 Å². The molecule has 0 aliphatic rings. The Morgan fingerprint density at radius 1 is 1.53 bits per heavy atom. The number of aromatic nitrogens is 3. The van der Waals surface area contributed by atoms with Gasteiger partial charge in [0.2, 0.25) is 0 Å². The predicted octanol–water partition coefficient (Wildman–Crippen LogP) is 1.17. The molecule has 0 amide bonds. The van der Waals surface area contributed by atoms with Crippen LogP contribution in [0.3, 0.4) is 0 Å². The highest BCUT2D eigenvalue weighted by atomic mass is 15.1. The van der Waals surface area contributed by atoms with Crippen molar-refractivity contribution in [2.24, 2.45) is 0 Å². The van der Waals surface area contributed by atoms with Gasteiger partial charge in [-0.2, -0.15) is 5.10 Å². The molecular formula is C10H11N5. The zero-order valence-electron chi connectivity index (χ0n) is 8.28. The lowest BCUT2D eigenvalue weighted by Gasteiger charge is -2.00. The molecule has 0 atom stereocenters. The van der Waals surface area contributed by atoms with Crippen LogP contribution in [0.25, 0.3) is 16.6 Å². The highest BCUT2D eigenvalue weighted by Crippen LogP contribution is 2.15. The van der Waals surface area contributed by atoms with Crippen LogP contribution in [0, 0.1) is 5.41 Å². The summed E-state index contributed by atoms with van der Waals surface area (Å²) in [4.78, 5) is 4.23. The third kappa shape index (κ3) is 1.71. The molecule has 5 nitrogen and oxygen atoms in total. The van der Waals surface area contributed by atoms with E-state index >= 15 is 0 Å². The van der Waals surface area contributed by atoms with Crippen molar-refractivity contribution in [2.45, 2.75) is 0 Å². The molecule has 2 rings (SSSR count). The average Bonchev–Trinajstić information content (AvgIpc) is 2.72. The average molecular weight is 201 g/mol. The highest BCUT2D eigenvalue weighted by Gasteiger charge is 2.02. The molecule has 0 bridgehead atoms. The van der Waals surface area contributed by atoms with E-state index in [9.17, 15) is 0 Å². The first-order valence-electron chi connectivity index (χ1n) is 4.52. The van der Waals surface area contributed by atoms with Gasteiger partial charge < -0.3 is 10.7 Å². The van der Waals surface area contributed by atoms with Crippen molar-refractivity contribution in [1.82, 2.24) is 20.5 Å². The van der Waals surface area contributed by atoms with Crippen LogP contribution < -0.4 is 5.32 Å². The smallest absolute Gasteiger partial charge is 0.108 e. The Balaban J connectivity index is 2.51. The van der Waals surface area contributed by atoms with Gasteiger partial charge in [0.1, 0.15) is 5.52 Å². The van der Waals surface area contributed by atoms with E-state index in [0.29, 0.717) is 0 Å². The SMILES string of the molecule is CN/C=C(\C=N)c1cnc2cn[nH]c2c1. The van der Waals surface area contributed by atoms with Gasteiger partial charge in [0.05, 0.1) is 11.7 Å².